The molecule has 2 rings (SSSR count). The van der Waals surface area contributed by atoms with Crippen LogP contribution in [0.1, 0.15) is 5.56 Å². The minimum Gasteiger partial charge on any atom is -0.491 e. The number of urea groups is 1. The number of aryl methyl sites for hydroxylation is 1. The zero-order valence-electron chi connectivity index (χ0n) is 11.2. The third-order valence-corrected chi connectivity index (χ3v) is 3.97. The van der Waals surface area contributed by atoms with Crippen molar-refractivity contribution in [3.63, 3.8) is 0 Å². The van der Waals surface area contributed by atoms with Crippen molar-refractivity contribution in [1.82, 2.24) is 10.2 Å². The lowest BCUT2D eigenvalue weighted by Crippen LogP contribution is -2.45. The fourth-order valence-electron chi connectivity index (χ4n) is 1.92. The van der Waals surface area contributed by atoms with Crippen molar-refractivity contribution in [3.05, 3.63) is 29.8 Å². The number of carbonyl (C=O) groups is 1. The molecule has 19 heavy (non-hydrogen) atoms. The van der Waals surface area contributed by atoms with Gasteiger partial charge in [-0.2, -0.15) is 11.8 Å². The molecule has 0 radical (unpaired) electrons. The van der Waals surface area contributed by atoms with Crippen LogP contribution in [0, 0.1) is 6.92 Å². The monoisotopic (exact) mass is 280 g/mol. The topological polar surface area (TPSA) is 41.6 Å². The first-order valence-corrected chi connectivity index (χ1v) is 7.72. The van der Waals surface area contributed by atoms with Crippen molar-refractivity contribution in [3.8, 4) is 5.75 Å². The predicted molar refractivity (Wildman–Crippen MR) is 79.0 cm³/mol. The van der Waals surface area contributed by atoms with Gasteiger partial charge in [-0.3, -0.25) is 0 Å². The van der Waals surface area contributed by atoms with Crippen molar-refractivity contribution < 1.29 is 9.53 Å². The van der Waals surface area contributed by atoms with Gasteiger partial charge in [0.15, 0.2) is 0 Å². The van der Waals surface area contributed by atoms with E-state index in [0.717, 1.165) is 35.9 Å². The number of benzene rings is 1. The second-order valence-corrected chi connectivity index (χ2v) is 5.67. The van der Waals surface area contributed by atoms with Crippen molar-refractivity contribution in [2.75, 3.05) is 37.7 Å². The Kier molecular flexibility index (Phi) is 5.39. The van der Waals surface area contributed by atoms with Crippen LogP contribution in [0.25, 0.3) is 0 Å². The molecule has 104 valence electrons. The van der Waals surface area contributed by atoms with Gasteiger partial charge in [-0.25, -0.2) is 4.79 Å². The van der Waals surface area contributed by atoms with Gasteiger partial charge < -0.3 is 15.0 Å². The van der Waals surface area contributed by atoms with Crippen LogP contribution in [0.2, 0.25) is 0 Å². The molecule has 1 saturated heterocycles. The zero-order valence-corrected chi connectivity index (χ0v) is 12.0. The zero-order chi connectivity index (χ0) is 13.5. The first kappa shape index (κ1) is 14.1. The van der Waals surface area contributed by atoms with Gasteiger partial charge in [-0.1, -0.05) is 18.2 Å². The summed E-state index contributed by atoms with van der Waals surface area (Å²) in [6, 6.07) is 7.91. The van der Waals surface area contributed by atoms with Crippen LogP contribution in [0.3, 0.4) is 0 Å². The van der Waals surface area contributed by atoms with Crippen LogP contribution in [0.5, 0.6) is 5.75 Å². The molecule has 4 nitrogen and oxygen atoms in total. The normalized spacial score (nSPS) is 15.1. The second kappa shape index (κ2) is 7.28. The predicted octanol–water partition coefficient (Wildman–Crippen LogP) is 2.13. The third kappa shape index (κ3) is 4.35. The Morgan fingerprint density at radius 3 is 2.84 bits per heavy atom. The lowest BCUT2D eigenvalue weighted by Gasteiger charge is -2.26. The lowest BCUT2D eigenvalue weighted by molar-refractivity contribution is 0.199. The lowest BCUT2D eigenvalue weighted by atomic mass is 10.2. The molecule has 0 unspecified atom stereocenters. The first-order chi connectivity index (χ1) is 9.27. The Morgan fingerprint density at radius 1 is 1.37 bits per heavy atom. The molecular weight excluding hydrogens is 260 g/mol. The van der Waals surface area contributed by atoms with Crippen LogP contribution in [-0.2, 0) is 0 Å². The van der Waals surface area contributed by atoms with Crippen LogP contribution < -0.4 is 10.1 Å². The Hall–Kier alpha value is -1.36. The molecule has 1 aliphatic rings. The van der Waals surface area contributed by atoms with E-state index in [-0.39, 0.29) is 6.03 Å². The molecule has 1 fully saturated rings. The number of nitrogens with one attached hydrogen (secondary N) is 1. The molecule has 0 atom stereocenters. The Balaban J connectivity index is 1.66. The van der Waals surface area contributed by atoms with E-state index in [1.165, 1.54) is 0 Å². The first-order valence-electron chi connectivity index (χ1n) is 6.56. The number of hydrogen-bond donors (Lipinski definition) is 1. The molecule has 1 heterocycles. The highest BCUT2D eigenvalue weighted by Crippen LogP contribution is 2.15. The molecule has 5 heteroatoms. The number of nitrogens with zero attached hydrogens (tertiary/aromatic N) is 1. The number of rotatable bonds is 4. The minimum atomic E-state index is 0.0219. The summed E-state index contributed by atoms with van der Waals surface area (Å²) in [5.74, 6) is 2.95. The average Bonchev–Trinajstić information content (AvgIpc) is 2.46. The largest absolute Gasteiger partial charge is 0.491 e. The molecule has 0 bridgehead atoms. The maximum absolute atomic E-state index is 11.8. The van der Waals surface area contributed by atoms with Crippen molar-refractivity contribution in [1.29, 1.82) is 0 Å². The highest BCUT2D eigenvalue weighted by Gasteiger charge is 2.15. The summed E-state index contributed by atoms with van der Waals surface area (Å²) in [4.78, 5) is 13.7. The molecular formula is C14H20N2O2S. The standard InChI is InChI=1S/C14H20N2O2S/c1-12-4-2-3-5-13(12)18-9-6-15-14(17)16-7-10-19-11-8-16/h2-5H,6-11H2,1H3,(H,15,17). The molecule has 0 saturated carbocycles. The summed E-state index contributed by atoms with van der Waals surface area (Å²) < 4.78 is 5.64. The number of para-hydroxylation sites is 1. The van der Waals surface area contributed by atoms with Gasteiger partial charge in [0.1, 0.15) is 12.4 Å². The molecule has 1 N–H and O–H groups in total. The van der Waals surface area contributed by atoms with E-state index in [4.69, 9.17) is 4.74 Å². The summed E-state index contributed by atoms with van der Waals surface area (Å²) in [5.41, 5.74) is 1.11. The summed E-state index contributed by atoms with van der Waals surface area (Å²) in [6.45, 7) is 4.74. The third-order valence-electron chi connectivity index (χ3n) is 3.03. The number of hydrogen-bond acceptors (Lipinski definition) is 3. The molecule has 0 spiro atoms. The summed E-state index contributed by atoms with van der Waals surface area (Å²) >= 11 is 1.90. The summed E-state index contributed by atoms with van der Waals surface area (Å²) in [6.07, 6.45) is 0. The molecule has 1 aliphatic heterocycles. The molecule has 1 aromatic rings. The maximum atomic E-state index is 11.8. The maximum Gasteiger partial charge on any atom is 0.317 e. The van der Waals surface area contributed by atoms with Gasteiger partial charge in [-0.05, 0) is 18.6 Å². The van der Waals surface area contributed by atoms with E-state index in [1.54, 1.807) is 0 Å². The summed E-state index contributed by atoms with van der Waals surface area (Å²) in [5, 5.41) is 2.89. The van der Waals surface area contributed by atoms with E-state index in [0.29, 0.717) is 13.2 Å². The van der Waals surface area contributed by atoms with E-state index >= 15 is 0 Å². The summed E-state index contributed by atoms with van der Waals surface area (Å²) in [7, 11) is 0. The van der Waals surface area contributed by atoms with Gasteiger partial charge >= 0.3 is 6.03 Å². The highest BCUT2D eigenvalue weighted by atomic mass is 32.2. The van der Waals surface area contributed by atoms with Crippen molar-refractivity contribution in [2.45, 2.75) is 6.92 Å². The number of thioether (sulfide) groups is 1. The Bertz CT molecular complexity index is 420. The van der Waals surface area contributed by atoms with Gasteiger partial charge in [-0.15, -0.1) is 0 Å². The molecule has 2 amide bonds. The van der Waals surface area contributed by atoms with Crippen LogP contribution >= 0.6 is 11.8 Å². The molecule has 0 aromatic heterocycles. The van der Waals surface area contributed by atoms with Gasteiger partial charge in [0, 0.05) is 24.6 Å². The minimum absolute atomic E-state index is 0.0219. The van der Waals surface area contributed by atoms with Gasteiger partial charge in [0.2, 0.25) is 0 Å². The van der Waals surface area contributed by atoms with Crippen molar-refractivity contribution >= 4 is 17.8 Å². The number of ether oxygens (including phenoxy) is 1. The Morgan fingerprint density at radius 2 is 2.11 bits per heavy atom. The smallest absolute Gasteiger partial charge is 0.317 e. The fourth-order valence-corrected chi connectivity index (χ4v) is 2.82. The van der Waals surface area contributed by atoms with E-state index in [2.05, 4.69) is 5.32 Å². The quantitative estimate of drug-likeness (QED) is 0.859. The fraction of sp³-hybridized carbons (Fsp3) is 0.500. The average molecular weight is 280 g/mol. The van der Waals surface area contributed by atoms with E-state index in [1.807, 2.05) is 47.9 Å². The SMILES string of the molecule is Cc1ccccc1OCCNC(=O)N1CCSCC1. The highest BCUT2D eigenvalue weighted by molar-refractivity contribution is 7.99. The van der Waals surface area contributed by atoms with Crippen LogP contribution in [0.4, 0.5) is 4.79 Å². The van der Waals surface area contributed by atoms with E-state index < -0.39 is 0 Å². The van der Waals surface area contributed by atoms with Crippen molar-refractivity contribution in [2.24, 2.45) is 0 Å². The van der Waals surface area contributed by atoms with E-state index in [9.17, 15) is 4.79 Å². The number of amides is 2. The van der Waals surface area contributed by atoms with Gasteiger partial charge in [0.05, 0.1) is 6.54 Å². The Labute approximate surface area is 118 Å². The van der Waals surface area contributed by atoms with Gasteiger partial charge in [0.25, 0.3) is 0 Å². The number of carbonyl (C=O) groups excluding carboxylic acids is 1. The van der Waals surface area contributed by atoms with Crippen LogP contribution in [0.15, 0.2) is 24.3 Å². The second-order valence-electron chi connectivity index (χ2n) is 4.45. The molecule has 0 aliphatic carbocycles. The molecule has 1 aromatic carbocycles. The van der Waals surface area contributed by atoms with Crippen LogP contribution in [-0.4, -0.2) is 48.7 Å².